The number of rotatable bonds is 5. The monoisotopic (exact) mass is 275 g/mol. The Labute approximate surface area is 119 Å². The summed E-state index contributed by atoms with van der Waals surface area (Å²) in [5.74, 6) is 0.814. The van der Waals surface area contributed by atoms with E-state index in [1.807, 2.05) is 55.5 Å². The van der Waals surface area contributed by atoms with Crippen LogP contribution in [0.15, 0.2) is 48.5 Å². The standard InChI is InChI=1S/C16H18ClNO/c1-12(18)10-14-15(17)8-5-9-16(14)19-11-13-6-3-2-4-7-13/h2-9,12H,10-11,18H2,1H3. The fourth-order valence-corrected chi connectivity index (χ4v) is 2.17. The van der Waals surface area contributed by atoms with Gasteiger partial charge in [-0.1, -0.05) is 48.0 Å². The molecular formula is C16H18ClNO. The quantitative estimate of drug-likeness (QED) is 0.901. The van der Waals surface area contributed by atoms with Crippen molar-refractivity contribution in [2.45, 2.75) is 26.0 Å². The van der Waals surface area contributed by atoms with Gasteiger partial charge in [-0.3, -0.25) is 0 Å². The molecule has 0 heterocycles. The number of hydrogen-bond donors (Lipinski definition) is 1. The molecular weight excluding hydrogens is 258 g/mol. The molecule has 1 unspecified atom stereocenters. The highest BCUT2D eigenvalue weighted by Gasteiger charge is 2.10. The average Bonchev–Trinajstić information content (AvgIpc) is 2.40. The van der Waals surface area contributed by atoms with Crippen molar-refractivity contribution in [1.29, 1.82) is 0 Å². The zero-order valence-electron chi connectivity index (χ0n) is 11.0. The maximum absolute atomic E-state index is 6.22. The number of ether oxygens (including phenoxy) is 1. The van der Waals surface area contributed by atoms with Crippen molar-refractivity contribution in [3.05, 3.63) is 64.7 Å². The topological polar surface area (TPSA) is 35.2 Å². The minimum atomic E-state index is 0.0546. The fourth-order valence-electron chi connectivity index (χ4n) is 1.93. The molecule has 0 aliphatic heterocycles. The maximum Gasteiger partial charge on any atom is 0.124 e. The van der Waals surface area contributed by atoms with E-state index in [-0.39, 0.29) is 6.04 Å². The Morgan fingerprint density at radius 2 is 1.84 bits per heavy atom. The van der Waals surface area contributed by atoms with Gasteiger partial charge in [-0.25, -0.2) is 0 Å². The third kappa shape index (κ3) is 3.98. The molecule has 2 rings (SSSR count). The summed E-state index contributed by atoms with van der Waals surface area (Å²) >= 11 is 6.22. The Morgan fingerprint density at radius 3 is 2.53 bits per heavy atom. The van der Waals surface area contributed by atoms with E-state index >= 15 is 0 Å². The Bertz CT molecular complexity index is 526. The van der Waals surface area contributed by atoms with E-state index in [0.717, 1.165) is 16.9 Å². The molecule has 2 N–H and O–H groups in total. The summed E-state index contributed by atoms with van der Waals surface area (Å²) in [7, 11) is 0. The van der Waals surface area contributed by atoms with Gasteiger partial charge in [0.1, 0.15) is 12.4 Å². The Balaban J connectivity index is 2.13. The van der Waals surface area contributed by atoms with E-state index in [2.05, 4.69) is 0 Å². The van der Waals surface area contributed by atoms with E-state index in [0.29, 0.717) is 18.1 Å². The highest BCUT2D eigenvalue weighted by Crippen LogP contribution is 2.28. The molecule has 2 aromatic carbocycles. The van der Waals surface area contributed by atoms with E-state index in [4.69, 9.17) is 22.1 Å². The zero-order chi connectivity index (χ0) is 13.7. The van der Waals surface area contributed by atoms with E-state index in [1.165, 1.54) is 0 Å². The summed E-state index contributed by atoms with van der Waals surface area (Å²) in [6.07, 6.45) is 0.712. The number of hydrogen-bond acceptors (Lipinski definition) is 2. The van der Waals surface area contributed by atoms with Gasteiger partial charge in [-0.05, 0) is 31.0 Å². The SMILES string of the molecule is CC(N)Cc1c(Cl)cccc1OCc1ccccc1. The molecule has 0 saturated heterocycles. The largest absolute Gasteiger partial charge is 0.489 e. The van der Waals surface area contributed by atoms with Crippen LogP contribution in [0.2, 0.25) is 5.02 Å². The van der Waals surface area contributed by atoms with Crippen LogP contribution < -0.4 is 10.5 Å². The molecule has 19 heavy (non-hydrogen) atoms. The van der Waals surface area contributed by atoms with Gasteiger partial charge in [0.15, 0.2) is 0 Å². The smallest absolute Gasteiger partial charge is 0.124 e. The molecule has 0 aromatic heterocycles. The van der Waals surface area contributed by atoms with Crippen LogP contribution in [0.3, 0.4) is 0 Å². The minimum Gasteiger partial charge on any atom is -0.489 e. The van der Waals surface area contributed by atoms with Crippen LogP contribution in [0.4, 0.5) is 0 Å². The van der Waals surface area contributed by atoms with Gasteiger partial charge in [0.05, 0.1) is 0 Å². The van der Waals surface area contributed by atoms with Crippen molar-refractivity contribution in [3.8, 4) is 5.75 Å². The van der Waals surface area contributed by atoms with Gasteiger partial charge in [0, 0.05) is 16.6 Å². The van der Waals surface area contributed by atoms with E-state index in [1.54, 1.807) is 0 Å². The zero-order valence-corrected chi connectivity index (χ0v) is 11.7. The molecule has 0 aliphatic rings. The van der Waals surface area contributed by atoms with Gasteiger partial charge in [0.25, 0.3) is 0 Å². The van der Waals surface area contributed by atoms with Crippen molar-refractivity contribution >= 4 is 11.6 Å². The normalized spacial score (nSPS) is 12.2. The first kappa shape index (κ1) is 13.9. The summed E-state index contributed by atoms with van der Waals surface area (Å²) < 4.78 is 5.86. The highest BCUT2D eigenvalue weighted by molar-refractivity contribution is 6.31. The summed E-state index contributed by atoms with van der Waals surface area (Å²) in [6, 6.07) is 15.8. The molecule has 2 nitrogen and oxygen atoms in total. The number of halogens is 1. The summed E-state index contributed by atoms with van der Waals surface area (Å²) in [5.41, 5.74) is 7.97. The van der Waals surface area contributed by atoms with Crippen LogP contribution in [0.5, 0.6) is 5.75 Å². The van der Waals surface area contributed by atoms with Crippen molar-refractivity contribution in [2.75, 3.05) is 0 Å². The molecule has 3 heteroatoms. The first-order chi connectivity index (χ1) is 9.16. The second-order valence-electron chi connectivity index (χ2n) is 4.67. The Hall–Kier alpha value is -1.51. The first-order valence-electron chi connectivity index (χ1n) is 6.36. The molecule has 0 aliphatic carbocycles. The van der Waals surface area contributed by atoms with Gasteiger partial charge in [-0.15, -0.1) is 0 Å². The van der Waals surface area contributed by atoms with Gasteiger partial charge in [-0.2, -0.15) is 0 Å². The van der Waals surface area contributed by atoms with E-state index < -0.39 is 0 Å². The lowest BCUT2D eigenvalue weighted by atomic mass is 10.1. The third-order valence-electron chi connectivity index (χ3n) is 2.84. The van der Waals surface area contributed by atoms with Crippen LogP contribution in [-0.4, -0.2) is 6.04 Å². The lowest BCUT2D eigenvalue weighted by Gasteiger charge is -2.14. The number of benzene rings is 2. The van der Waals surface area contributed by atoms with Crippen LogP contribution in [0.1, 0.15) is 18.1 Å². The van der Waals surface area contributed by atoms with Crippen molar-refractivity contribution in [3.63, 3.8) is 0 Å². The average molecular weight is 276 g/mol. The third-order valence-corrected chi connectivity index (χ3v) is 3.19. The van der Waals surface area contributed by atoms with Crippen LogP contribution in [0.25, 0.3) is 0 Å². The number of nitrogens with two attached hydrogens (primary N) is 1. The molecule has 0 saturated carbocycles. The summed E-state index contributed by atoms with van der Waals surface area (Å²) in [6.45, 7) is 2.50. The second-order valence-corrected chi connectivity index (χ2v) is 5.08. The van der Waals surface area contributed by atoms with Gasteiger partial charge >= 0.3 is 0 Å². The molecule has 0 radical (unpaired) electrons. The van der Waals surface area contributed by atoms with Gasteiger partial charge in [0.2, 0.25) is 0 Å². The molecule has 0 spiro atoms. The Kier molecular flexibility index (Phi) is 4.83. The van der Waals surface area contributed by atoms with Crippen LogP contribution >= 0.6 is 11.6 Å². The Morgan fingerprint density at radius 1 is 1.11 bits per heavy atom. The molecule has 0 fully saturated rings. The lowest BCUT2D eigenvalue weighted by molar-refractivity contribution is 0.302. The van der Waals surface area contributed by atoms with Crippen LogP contribution in [-0.2, 0) is 13.0 Å². The minimum absolute atomic E-state index is 0.0546. The van der Waals surface area contributed by atoms with E-state index in [9.17, 15) is 0 Å². The van der Waals surface area contributed by atoms with Gasteiger partial charge < -0.3 is 10.5 Å². The lowest BCUT2D eigenvalue weighted by Crippen LogP contribution is -2.18. The maximum atomic E-state index is 6.22. The molecule has 100 valence electrons. The molecule has 1 atom stereocenters. The van der Waals surface area contributed by atoms with Crippen LogP contribution in [0, 0.1) is 0 Å². The first-order valence-corrected chi connectivity index (χ1v) is 6.74. The molecule has 2 aromatic rings. The van der Waals surface area contributed by atoms with Crippen molar-refractivity contribution in [2.24, 2.45) is 5.73 Å². The second kappa shape index (κ2) is 6.60. The predicted molar refractivity (Wildman–Crippen MR) is 79.6 cm³/mol. The summed E-state index contributed by atoms with van der Waals surface area (Å²) in [5, 5.41) is 0.711. The summed E-state index contributed by atoms with van der Waals surface area (Å²) in [4.78, 5) is 0. The molecule has 0 amide bonds. The predicted octanol–water partition coefficient (Wildman–Crippen LogP) is 3.81. The highest BCUT2D eigenvalue weighted by atomic mass is 35.5. The fraction of sp³-hybridized carbons (Fsp3) is 0.250. The molecule has 0 bridgehead atoms. The van der Waals surface area contributed by atoms with Crippen molar-refractivity contribution in [1.82, 2.24) is 0 Å². The van der Waals surface area contributed by atoms with Crippen molar-refractivity contribution < 1.29 is 4.74 Å².